The molecule has 0 heterocycles. The van der Waals surface area contributed by atoms with Crippen molar-refractivity contribution in [2.75, 3.05) is 13.6 Å². The van der Waals surface area contributed by atoms with Crippen LogP contribution >= 0.6 is 0 Å². The molecular formula is C15H22N2O. The topological polar surface area (TPSA) is 41.1 Å². The molecule has 1 unspecified atom stereocenters. The van der Waals surface area contributed by atoms with E-state index in [0.717, 1.165) is 13.0 Å². The van der Waals surface area contributed by atoms with Crippen LogP contribution in [0.3, 0.4) is 0 Å². The summed E-state index contributed by atoms with van der Waals surface area (Å²) in [6.45, 7) is 5.29. The number of carbonyl (C=O) groups excluding carboxylic acids is 1. The lowest BCUT2D eigenvalue weighted by atomic mass is 9.85. The highest BCUT2D eigenvalue weighted by Crippen LogP contribution is 2.44. The van der Waals surface area contributed by atoms with Gasteiger partial charge >= 0.3 is 0 Å². The quantitative estimate of drug-likeness (QED) is 0.853. The fourth-order valence-corrected chi connectivity index (χ4v) is 2.83. The molecule has 1 amide bonds. The van der Waals surface area contributed by atoms with E-state index in [-0.39, 0.29) is 11.3 Å². The molecule has 2 rings (SSSR count). The Morgan fingerprint density at radius 3 is 2.83 bits per heavy atom. The maximum Gasteiger partial charge on any atom is 0.221 e. The number of hydrogen-bond donors (Lipinski definition) is 2. The maximum absolute atomic E-state index is 11.2. The molecule has 0 bridgehead atoms. The SMILES string of the molecule is CNC(=O)CCNC1c2ccccc2CC1(C)C. The van der Waals surface area contributed by atoms with Gasteiger partial charge in [0.2, 0.25) is 5.91 Å². The first-order valence-electron chi connectivity index (χ1n) is 6.56. The molecule has 3 heteroatoms. The fraction of sp³-hybridized carbons (Fsp3) is 0.533. The lowest BCUT2D eigenvalue weighted by molar-refractivity contribution is -0.120. The van der Waals surface area contributed by atoms with Gasteiger partial charge in [0.05, 0.1) is 0 Å². The van der Waals surface area contributed by atoms with Crippen LogP contribution in [0.5, 0.6) is 0 Å². The Kier molecular flexibility index (Phi) is 3.71. The molecule has 0 fully saturated rings. The van der Waals surface area contributed by atoms with Gasteiger partial charge in [0, 0.05) is 26.1 Å². The summed E-state index contributed by atoms with van der Waals surface area (Å²) < 4.78 is 0. The number of amides is 1. The van der Waals surface area contributed by atoms with Gasteiger partial charge in [-0.15, -0.1) is 0 Å². The second kappa shape index (κ2) is 5.11. The maximum atomic E-state index is 11.2. The second-order valence-electron chi connectivity index (χ2n) is 5.67. The van der Waals surface area contributed by atoms with Crippen molar-refractivity contribution in [2.45, 2.75) is 32.7 Å². The monoisotopic (exact) mass is 246 g/mol. The molecule has 1 atom stereocenters. The van der Waals surface area contributed by atoms with Crippen LogP contribution < -0.4 is 10.6 Å². The molecule has 98 valence electrons. The summed E-state index contributed by atoms with van der Waals surface area (Å²) in [6.07, 6.45) is 1.63. The van der Waals surface area contributed by atoms with Crippen molar-refractivity contribution in [3.8, 4) is 0 Å². The zero-order valence-corrected chi connectivity index (χ0v) is 11.4. The predicted molar refractivity (Wildman–Crippen MR) is 73.4 cm³/mol. The van der Waals surface area contributed by atoms with E-state index in [9.17, 15) is 4.79 Å². The highest BCUT2D eigenvalue weighted by molar-refractivity contribution is 5.75. The molecule has 1 aliphatic carbocycles. The summed E-state index contributed by atoms with van der Waals surface area (Å²) in [7, 11) is 1.68. The first-order chi connectivity index (χ1) is 8.54. The molecule has 0 aliphatic heterocycles. The minimum Gasteiger partial charge on any atom is -0.359 e. The van der Waals surface area contributed by atoms with E-state index in [0.29, 0.717) is 12.5 Å². The average molecular weight is 246 g/mol. The van der Waals surface area contributed by atoms with Crippen molar-refractivity contribution in [2.24, 2.45) is 5.41 Å². The van der Waals surface area contributed by atoms with Crippen molar-refractivity contribution < 1.29 is 4.79 Å². The molecule has 0 saturated heterocycles. The number of hydrogen-bond acceptors (Lipinski definition) is 2. The van der Waals surface area contributed by atoms with Crippen LogP contribution in [0.4, 0.5) is 0 Å². The number of nitrogens with one attached hydrogen (secondary N) is 2. The summed E-state index contributed by atoms with van der Waals surface area (Å²) in [5.74, 6) is 0.0894. The Morgan fingerprint density at radius 1 is 1.39 bits per heavy atom. The Balaban J connectivity index is 2.04. The zero-order valence-electron chi connectivity index (χ0n) is 11.4. The lowest BCUT2D eigenvalue weighted by Gasteiger charge is -2.28. The van der Waals surface area contributed by atoms with Crippen molar-refractivity contribution in [1.29, 1.82) is 0 Å². The Morgan fingerprint density at radius 2 is 2.11 bits per heavy atom. The van der Waals surface area contributed by atoms with Gasteiger partial charge in [-0.1, -0.05) is 38.1 Å². The van der Waals surface area contributed by atoms with Gasteiger partial charge in [0.1, 0.15) is 0 Å². The van der Waals surface area contributed by atoms with Crippen LogP contribution in [0.1, 0.15) is 37.4 Å². The first-order valence-corrected chi connectivity index (χ1v) is 6.56. The van der Waals surface area contributed by atoms with Crippen molar-refractivity contribution in [3.63, 3.8) is 0 Å². The average Bonchev–Trinajstić information content (AvgIpc) is 2.60. The van der Waals surface area contributed by atoms with Gasteiger partial charge in [-0.2, -0.15) is 0 Å². The van der Waals surface area contributed by atoms with E-state index in [1.54, 1.807) is 7.05 Å². The smallest absolute Gasteiger partial charge is 0.221 e. The van der Waals surface area contributed by atoms with Crippen molar-refractivity contribution in [3.05, 3.63) is 35.4 Å². The molecule has 0 spiro atoms. The van der Waals surface area contributed by atoms with Crippen LogP contribution in [0, 0.1) is 5.41 Å². The van der Waals surface area contributed by atoms with E-state index in [2.05, 4.69) is 48.7 Å². The molecule has 1 aliphatic rings. The van der Waals surface area contributed by atoms with Crippen LogP contribution in [0.25, 0.3) is 0 Å². The van der Waals surface area contributed by atoms with Crippen LogP contribution in [-0.4, -0.2) is 19.5 Å². The summed E-state index contributed by atoms with van der Waals surface area (Å²) in [5, 5.41) is 6.18. The van der Waals surface area contributed by atoms with Gasteiger partial charge in [-0.05, 0) is 23.0 Å². The molecule has 2 N–H and O–H groups in total. The standard InChI is InChI=1S/C15H22N2O/c1-15(2)10-11-6-4-5-7-12(11)14(15)17-9-8-13(18)16-3/h4-7,14,17H,8-10H2,1-3H3,(H,16,18). The molecule has 0 aromatic heterocycles. The van der Waals surface area contributed by atoms with Gasteiger partial charge in [-0.3, -0.25) is 4.79 Å². The van der Waals surface area contributed by atoms with Crippen molar-refractivity contribution >= 4 is 5.91 Å². The summed E-state index contributed by atoms with van der Waals surface area (Å²) in [6, 6.07) is 8.94. The molecule has 3 nitrogen and oxygen atoms in total. The minimum atomic E-state index is 0.0894. The van der Waals surface area contributed by atoms with Gasteiger partial charge in [0.25, 0.3) is 0 Å². The normalized spacial score (nSPS) is 20.5. The van der Waals surface area contributed by atoms with E-state index >= 15 is 0 Å². The summed E-state index contributed by atoms with van der Waals surface area (Å²) in [5.41, 5.74) is 3.03. The number of carbonyl (C=O) groups is 1. The molecular weight excluding hydrogens is 224 g/mol. The van der Waals surface area contributed by atoms with Crippen molar-refractivity contribution in [1.82, 2.24) is 10.6 Å². The number of fused-ring (bicyclic) bond motifs is 1. The predicted octanol–water partition coefficient (Wildman–Crippen LogP) is 2.04. The van der Waals surface area contributed by atoms with E-state index in [1.807, 2.05) is 0 Å². The third kappa shape index (κ3) is 2.56. The Bertz CT molecular complexity index is 440. The van der Waals surface area contributed by atoms with Gasteiger partial charge < -0.3 is 10.6 Å². The largest absolute Gasteiger partial charge is 0.359 e. The zero-order chi connectivity index (χ0) is 13.2. The molecule has 1 aromatic rings. The van der Waals surface area contributed by atoms with Crippen LogP contribution in [0.15, 0.2) is 24.3 Å². The van der Waals surface area contributed by atoms with E-state index < -0.39 is 0 Å². The Labute approximate surface area is 109 Å². The molecule has 1 aromatic carbocycles. The molecule has 0 radical (unpaired) electrons. The second-order valence-corrected chi connectivity index (χ2v) is 5.67. The van der Waals surface area contributed by atoms with Gasteiger partial charge in [0.15, 0.2) is 0 Å². The minimum absolute atomic E-state index is 0.0894. The molecule has 18 heavy (non-hydrogen) atoms. The summed E-state index contributed by atoms with van der Waals surface area (Å²) in [4.78, 5) is 11.2. The van der Waals surface area contributed by atoms with Crippen LogP contribution in [0.2, 0.25) is 0 Å². The highest BCUT2D eigenvalue weighted by atomic mass is 16.1. The Hall–Kier alpha value is -1.35. The van der Waals surface area contributed by atoms with Crippen LogP contribution in [-0.2, 0) is 11.2 Å². The third-order valence-electron chi connectivity index (χ3n) is 3.77. The van der Waals surface area contributed by atoms with E-state index in [4.69, 9.17) is 0 Å². The number of rotatable bonds is 4. The highest BCUT2D eigenvalue weighted by Gasteiger charge is 2.38. The summed E-state index contributed by atoms with van der Waals surface area (Å²) >= 11 is 0. The van der Waals surface area contributed by atoms with Gasteiger partial charge in [-0.25, -0.2) is 0 Å². The molecule has 0 saturated carbocycles. The lowest BCUT2D eigenvalue weighted by Crippen LogP contribution is -2.33. The third-order valence-corrected chi connectivity index (χ3v) is 3.77. The number of benzene rings is 1. The first kappa shape index (κ1) is 13.1. The van der Waals surface area contributed by atoms with E-state index in [1.165, 1.54) is 11.1 Å². The fourth-order valence-electron chi connectivity index (χ4n) is 2.83.